The van der Waals surface area contributed by atoms with Gasteiger partial charge in [-0.05, 0) is 17.7 Å². The number of nitrogens with two attached hydrogens (primary N) is 1. The predicted molar refractivity (Wildman–Crippen MR) is 78.5 cm³/mol. The molecule has 0 radical (unpaired) electrons. The Labute approximate surface area is 113 Å². The highest BCUT2D eigenvalue weighted by Crippen LogP contribution is 2.16. The molecule has 6 nitrogen and oxygen atoms in total. The van der Waals surface area contributed by atoms with Crippen molar-refractivity contribution in [1.29, 1.82) is 0 Å². The van der Waals surface area contributed by atoms with Crippen LogP contribution in [0.1, 0.15) is 5.56 Å². The Morgan fingerprint density at radius 2 is 2.37 bits per heavy atom. The largest absolute Gasteiger partial charge is 0.383 e. The number of anilines is 2. The number of hydrogen-bond acceptors (Lipinski definition) is 6. The van der Waals surface area contributed by atoms with Crippen molar-refractivity contribution in [2.24, 2.45) is 12.1 Å². The van der Waals surface area contributed by atoms with Gasteiger partial charge in [-0.1, -0.05) is 6.07 Å². The first-order chi connectivity index (χ1) is 9.22. The van der Waals surface area contributed by atoms with E-state index in [9.17, 15) is 0 Å². The molecule has 1 aromatic carbocycles. The average molecular weight is 272 g/mol. The molecular formula is C12H12N6S. The van der Waals surface area contributed by atoms with Crippen LogP contribution < -0.4 is 11.2 Å². The molecule has 3 N–H and O–H groups in total. The van der Waals surface area contributed by atoms with Crippen molar-refractivity contribution < 1.29 is 0 Å². The number of benzene rings is 1. The Morgan fingerprint density at radius 3 is 3.16 bits per heavy atom. The summed E-state index contributed by atoms with van der Waals surface area (Å²) in [6.07, 6.45) is 3.53. The first-order valence-corrected chi connectivity index (χ1v) is 6.51. The first kappa shape index (κ1) is 11.7. The van der Waals surface area contributed by atoms with Crippen LogP contribution >= 0.6 is 11.3 Å². The van der Waals surface area contributed by atoms with E-state index < -0.39 is 0 Å². The SMILES string of the molecule is Cn1cnc2ccc(C=NNc3nc(N)cs3)cc21. The summed E-state index contributed by atoms with van der Waals surface area (Å²) in [4.78, 5) is 8.33. The minimum absolute atomic E-state index is 0.499. The molecule has 0 bridgehead atoms. The van der Waals surface area contributed by atoms with Crippen LogP contribution in [-0.4, -0.2) is 20.7 Å². The van der Waals surface area contributed by atoms with E-state index in [4.69, 9.17) is 5.73 Å². The quantitative estimate of drug-likeness (QED) is 0.565. The van der Waals surface area contributed by atoms with Crippen LogP contribution in [0.3, 0.4) is 0 Å². The lowest BCUT2D eigenvalue weighted by Gasteiger charge is -1.97. The molecule has 0 saturated carbocycles. The zero-order valence-electron chi connectivity index (χ0n) is 10.2. The lowest BCUT2D eigenvalue weighted by molar-refractivity contribution is 0.947. The van der Waals surface area contributed by atoms with Gasteiger partial charge in [0.05, 0.1) is 23.6 Å². The molecule has 0 aliphatic carbocycles. The van der Waals surface area contributed by atoms with Crippen LogP contribution in [0.5, 0.6) is 0 Å². The van der Waals surface area contributed by atoms with E-state index in [2.05, 4.69) is 20.5 Å². The van der Waals surface area contributed by atoms with Crippen LogP contribution in [0.2, 0.25) is 0 Å². The Balaban J connectivity index is 1.78. The van der Waals surface area contributed by atoms with Gasteiger partial charge in [0, 0.05) is 12.4 Å². The average Bonchev–Trinajstić information content (AvgIpc) is 2.97. The Morgan fingerprint density at radius 1 is 1.47 bits per heavy atom. The smallest absolute Gasteiger partial charge is 0.205 e. The molecule has 0 unspecified atom stereocenters. The fourth-order valence-electron chi connectivity index (χ4n) is 1.72. The molecule has 0 fully saturated rings. The lowest BCUT2D eigenvalue weighted by Crippen LogP contribution is -1.92. The van der Waals surface area contributed by atoms with E-state index in [1.165, 1.54) is 11.3 Å². The molecule has 19 heavy (non-hydrogen) atoms. The number of hydrazone groups is 1. The summed E-state index contributed by atoms with van der Waals surface area (Å²) in [6, 6.07) is 5.97. The van der Waals surface area contributed by atoms with Gasteiger partial charge in [-0.25, -0.2) is 9.97 Å². The molecule has 0 saturated heterocycles. The summed E-state index contributed by atoms with van der Waals surface area (Å²) in [5, 5.41) is 6.57. The van der Waals surface area contributed by atoms with E-state index in [1.807, 2.05) is 29.8 Å². The topological polar surface area (TPSA) is 81.1 Å². The first-order valence-electron chi connectivity index (χ1n) is 5.63. The van der Waals surface area contributed by atoms with Crippen molar-refractivity contribution in [2.75, 3.05) is 11.2 Å². The van der Waals surface area contributed by atoms with Gasteiger partial charge in [0.2, 0.25) is 5.13 Å². The zero-order valence-corrected chi connectivity index (χ0v) is 11.1. The molecule has 0 spiro atoms. The van der Waals surface area contributed by atoms with E-state index in [0.29, 0.717) is 10.9 Å². The normalized spacial score (nSPS) is 11.4. The molecule has 2 aromatic heterocycles. The molecule has 0 aliphatic rings. The third kappa shape index (κ3) is 2.41. The summed E-state index contributed by atoms with van der Waals surface area (Å²) in [6.45, 7) is 0. The number of fused-ring (bicyclic) bond motifs is 1. The second-order valence-corrected chi connectivity index (χ2v) is 4.91. The van der Waals surface area contributed by atoms with E-state index in [0.717, 1.165) is 16.6 Å². The molecule has 7 heteroatoms. The van der Waals surface area contributed by atoms with Gasteiger partial charge in [0.1, 0.15) is 5.82 Å². The molecule has 3 rings (SSSR count). The van der Waals surface area contributed by atoms with Crippen molar-refractivity contribution in [3.8, 4) is 0 Å². The van der Waals surface area contributed by atoms with E-state index in [1.54, 1.807) is 17.9 Å². The fourth-order valence-corrected chi connectivity index (χ4v) is 2.27. The number of aromatic nitrogens is 3. The zero-order chi connectivity index (χ0) is 13.2. The highest BCUT2D eigenvalue weighted by molar-refractivity contribution is 7.14. The third-order valence-corrected chi connectivity index (χ3v) is 3.41. The van der Waals surface area contributed by atoms with E-state index in [-0.39, 0.29) is 0 Å². The summed E-state index contributed by atoms with van der Waals surface area (Å²) in [7, 11) is 1.97. The van der Waals surface area contributed by atoms with Gasteiger partial charge < -0.3 is 10.3 Å². The molecular weight excluding hydrogens is 260 g/mol. The van der Waals surface area contributed by atoms with Gasteiger partial charge in [-0.15, -0.1) is 11.3 Å². The molecule has 2 heterocycles. The summed E-state index contributed by atoms with van der Waals surface area (Å²) in [5.41, 5.74) is 11.4. The molecule has 0 amide bonds. The van der Waals surface area contributed by atoms with Crippen molar-refractivity contribution in [1.82, 2.24) is 14.5 Å². The molecule has 96 valence electrons. The molecule has 0 aliphatic heterocycles. The number of thiazole rings is 1. The van der Waals surface area contributed by atoms with Crippen molar-refractivity contribution >= 4 is 39.5 Å². The number of nitrogens with zero attached hydrogens (tertiary/aromatic N) is 4. The van der Waals surface area contributed by atoms with Crippen molar-refractivity contribution in [3.63, 3.8) is 0 Å². The second kappa shape index (κ2) is 4.69. The van der Waals surface area contributed by atoms with Crippen LogP contribution in [-0.2, 0) is 7.05 Å². The minimum atomic E-state index is 0.499. The van der Waals surface area contributed by atoms with Crippen LogP contribution in [0.25, 0.3) is 11.0 Å². The van der Waals surface area contributed by atoms with Crippen LogP contribution in [0.15, 0.2) is 35.0 Å². The van der Waals surface area contributed by atoms with Crippen LogP contribution in [0.4, 0.5) is 10.9 Å². The highest BCUT2D eigenvalue weighted by Gasteiger charge is 2.00. The summed E-state index contributed by atoms with van der Waals surface area (Å²) >= 11 is 1.42. The van der Waals surface area contributed by atoms with E-state index >= 15 is 0 Å². The second-order valence-electron chi connectivity index (χ2n) is 4.05. The fraction of sp³-hybridized carbons (Fsp3) is 0.0833. The monoisotopic (exact) mass is 272 g/mol. The number of rotatable bonds is 3. The number of imidazole rings is 1. The van der Waals surface area contributed by atoms with Crippen LogP contribution in [0, 0.1) is 0 Å². The maximum Gasteiger partial charge on any atom is 0.205 e. The number of nitrogens with one attached hydrogen (secondary N) is 1. The predicted octanol–water partition coefficient (Wildman–Crippen LogP) is 2.06. The summed E-state index contributed by atoms with van der Waals surface area (Å²) in [5.74, 6) is 0.499. The van der Waals surface area contributed by atoms with Gasteiger partial charge in [-0.3, -0.25) is 5.43 Å². The summed E-state index contributed by atoms with van der Waals surface area (Å²) < 4.78 is 1.97. The van der Waals surface area contributed by atoms with Crippen molar-refractivity contribution in [2.45, 2.75) is 0 Å². The number of hydrogen-bond donors (Lipinski definition) is 2. The highest BCUT2D eigenvalue weighted by atomic mass is 32.1. The maximum absolute atomic E-state index is 5.53. The standard InChI is InChI=1S/C12H12N6S/c1-18-7-14-9-3-2-8(4-10(9)18)5-15-17-12-16-11(13)6-19-12/h2-7H,13H2,1H3,(H,16,17). The lowest BCUT2D eigenvalue weighted by atomic mass is 10.2. The van der Waals surface area contributed by atoms with Gasteiger partial charge in [0.25, 0.3) is 0 Å². The molecule has 0 atom stereocenters. The minimum Gasteiger partial charge on any atom is -0.383 e. The van der Waals surface area contributed by atoms with Gasteiger partial charge in [-0.2, -0.15) is 5.10 Å². The molecule has 3 aromatic rings. The number of aryl methyl sites for hydroxylation is 1. The Hall–Kier alpha value is -2.41. The third-order valence-electron chi connectivity index (χ3n) is 2.65. The number of nitrogen functional groups attached to an aromatic ring is 1. The van der Waals surface area contributed by atoms with Gasteiger partial charge >= 0.3 is 0 Å². The van der Waals surface area contributed by atoms with Crippen molar-refractivity contribution in [3.05, 3.63) is 35.5 Å². The maximum atomic E-state index is 5.53. The Kier molecular flexibility index (Phi) is 2.88. The van der Waals surface area contributed by atoms with Gasteiger partial charge in [0.15, 0.2) is 0 Å². The Bertz CT molecular complexity index is 742.